The molecule has 1 aliphatic carbocycles. The maximum Gasteiger partial charge on any atom is 0.395 e. The van der Waals surface area contributed by atoms with Crippen LogP contribution >= 0.6 is 0 Å². The molecule has 3 atom stereocenters. The predicted octanol–water partition coefficient (Wildman–Crippen LogP) is 5.83. The first-order valence-corrected chi connectivity index (χ1v) is 6.81. The van der Waals surface area contributed by atoms with Crippen molar-refractivity contribution >= 4 is 0 Å². The molecule has 0 aromatic heterocycles. The molecule has 6 heteroatoms. The Bertz CT molecular complexity index is 352. The topological polar surface area (TPSA) is 0 Å². The lowest BCUT2D eigenvalue weighted by Crippen LogP contribution is -2.39. The van der Waals surface area contributed by atoms with Gasteiger partial charge in [0, 0.05) is 0 Å². The van der Waals surface area contributed by atoms with Crippen molar-refractivity contribution in [2.45, 2.75) is 59.8 Å². The van der Waals surface area contributed by atoms with Gasteiger partial charge in [0.25, 0.3) is 0 Å². The van der Waals surface area contributed by atoms with Crippen LogP contribution in [-0.4, -0.2) is 12.4 Å². The maximum atomic E-state index is 13.2. The van der Waals surface area contributed by atoms with Crippen molar-refractivity contribution in [3.8, 4) is 0 Å². The Balaban J connectivity index is 2.83. The van der Waals surface area contributed by atoms with Gasteiger partial charge < -0.3 is 0 Å². The summed E-state index contributed by atoms with van der Waals surface area (Å²) in [6.45, 7) is 6.50. The van der Waals surface area contributed by atoms with Crippen molar-refractivity contribution < 1.29 is 26.3 Å². The molecule has 1 aliphatic rings. The first kappa shape index (κ1) is 17.6. The van der Waals surface area contributed by atoms with Crippen molar-refractivity contribution in [2.24, 2.45) is 28.6 Å². The van der Waals surface area contributed by atoms with Gasteiger partial charge in [0.1, 0.15) is 0 Å². The van der Waals surface area contributed by atoms with Crippen LogP contribution in [0.3, 0.4) is 0 Å². The molecule has 0 radical (unpaired) electrons. The number of halogens is 6. The summed E-state index contributed by atoms with van der Waals surface area (Å²) in [5, 5.41) is 0. The van der Waals surface area contributed by atoms with Crippen LogP contribution in [0.5, 0.6) is 0 Å². The highest BCUT2D eigenvalue weighted by Crippen LogP contribution is 2.69. The van der Waals surface area contributed by atoms with Crippen molar-refractivity contribution in [1.29, 1.82) is 0 Å². The average Bonchev–Trinajstić information content (AvgIpc) is 2.90. The van der Waals surface area contributed by atoms with Gasteiger partial charge in [-0.25, -0.2) is 0 Å². The second-order valence-electron chi connectivity index (χ2n) is 6.95. The largest absolute Gasteiger partial charge is 0.395 e. The van der Waals surface area contributed by atoms with Crippen molar-refractivity contribution in [3.63, 3.8) is 0 Å². The fourth-order valence-electron chi connectivity index (χ4n) is 3.02. The highest BCUT2D eigenvalue weighted by Gasteiger charge is 2.71. The fraction of sp³-hybridized carbons (Fsp3) is 1.00. The van der Waals surface area contributed by atoms with Gasteiger partial charge >= 0.3 is 12.4 Å². The molecular formula is C14H22F6. The molecule has 0 bridgehead atoms. The van der Waals surface area contributed by atoms with Crippen LogP contribution in [0.15, 0.2) is 0 Å². The molecule has 1 rings (SSSR count). The minimum atomic E-state index is -4.40. The first-order chi connectivity index (χ1) is 8.68. The zero-order valence-corrected chi connectivity index (χ0v) is 12.4. The molecule has 3 unspecified atom stereocenters. The molecular weight excluding hydrogens is 282 g/mol. The summed E-state index contributed by atoms with van der Waals surface area (Å²) in [5.74, 6) is -2.14. The average molecular weight is 304 g/mol. The summed E-state index contributed by atoms with van der Waals surface area (Å²) in [6.07, 6.45) is -8.83. The van der Waals surface area contributed by atoms with E-state index in [9.17, 15) is 26.3 Å². The van der Waals surface area contributed by atoms with Crippen molar-refractivity contribution in [2.75, 3.05) is 0 Å². The predicted molar refractivity (Wildman–Crippen MR) is 65.1 cm³/mol. The number of hydrogen-bond donors (Lipinski definition) is 0. The summed E-state index contributed by atoms with van der Waals surface area (Å²) in [4.78, 5) is 0. The Morgan fingerprint density at radius 2 is 1.45 bits per heavy atom. The highest BCUT2D eigenvalue weighted by molar-refractivity contribution is 5.09. The van der Waals surface area contributed by atoms with Gasteiger partial charge in [-0.1, -0.05) is 34.6 Å². The highest BCUT2D eigenvalue weighted by atomic mass is 19.4. The minimum Gasteiger partial charge on any atom is -0.171 e. The lowest BCUT2D eigenvalue weighted by Gasteiger charge is -2.35. The van der Waals surface area contributed by atoms with E-state index in [2.05, 4.69) is 0 Å². The van der Waals surface area contributed by atoms with E-state index in [4.69, 9.17) is 0 Å². The van der Waals surface area contributed by atoms with Crippen LogP contribution < -0.4 is 0 Å². The van der Waals surface area contributed by atoms with Crippen LogP contribution in [0.1, 0.15) is 47.5 Å². The van der Waals surface area contributed by atoms with Crippen molar-refractivity contribution in [3.05, 3.63) is 0 Å². The maximum absolute atomic E-state index is 13.2. The molecule has 0 aromatic rings. The zero-order valence-electron chi connectivity index (χ0n) is 12.4. The van der Waals surface area contributed by atoms with E-state index < -0.39 is 40.9 Å². The summed E-state index contributed by atoms with van der Waals surface area (Å²) < 4.78 is 78.2. The van der Waals surface area contributed by atoms with Crippen LogP contribution in [0.2, 0.25) is 0 Å². The fourth-order valence-corrected chi connectivity index (χ4v) is 3.02. The Hall–Kier alpha value is -0.420. The Morgan fingerprint density at radius 1 is 1.00 bits per heavy atom. The van der Waals surface area contributed by atoms with Gasteiger partial charge in [-0.15, -0.1) is 0 Å². The first-order valence-electron chi connectivity index (χ1n) is 6.81. The molecule has 0 heterocycles. The molecule has 0 saturated heterocycles. The number of rotatable bonds is 4. The summed E-state index contributed by atoms with van der Waals surface area (Å²) in [5.41, 5.74) is -3.76. The summed E-state index contributed by atoms with van der Waals surface area (Å²) in [6, 6.07) is 0. The van der Waals surface area contributed by atoms with Crippen LogP contribution in [0, 0.1) is 28.6 Å². The quantitative estimate of drug-likeness (QED) is 0.574. The summed E-state index contributed by atoms with van der Waals surface area (Å²) >= 11 is 0. The molecule has 1 saturated carbocycles. The van der Waals surface area contributed by atoms with Gasteiger partial charge in [0.15, 0.2) is 0 Å². The van der Waals surface area contributed by atoms with Gasteiger partial charge in [-0.3, -0.25) is 0 Å². The van der Waals surface area contributed by atoms with Crippen LogP contribution in [-0.2, 0) is 0 Å². The van der Waals surface area contributed by atoms with Gasteiger partial charge in [-0.05, 0) is 30.6 Å². The minimum absolute atomic E-state index is 0.0375. The Morgan fingerprint density at radius 3 is 1.70 bits per heavy atom. The second-order valence-corrected chi connectivity index (χ2v) is 6.95. The normalized spacial score (nSPS) is 29.7. The SMILES string of the molecule is CC(CC1CC1(C(C)C)C(F)(F)F)C(C)(C)C(F)(F)F. The third-order valence-corrected chi connectivity index (χ3v) is 5.31. The van der Waals surface area contributed by atoms with E-state index in [0.717, 1.165) is 13.8 Å². The molecule has 0 N–H and O–H groups in total. The molecule has 0 spiro atoms. The van der Waals surface area contributed by atoms with E-state index in [0.29, 0.717) is 0 Å². The van der Waals surface area contributed by atoms with Crippen LogP contribution in [0.4, 0.5) is 26.3 Å². The van der Waals surface area contributed by atoms with Gasteiger partial charge in [0.05, 0.1) is 10.8 Å². The molecule has 20 heavy (non-hydrogen) atoms. The standard InChI is InChI=1S/C14H22F6/c1-8(2)12(14(18,19)20)7-10(12)6-9(3)11(4,5)13(15,16)17/h8-10H,6-7H2,1-5H3. The molecule has 0 nitrogen and oxygen atoms in total. The zero-order chi connectivity index (χ0) is 16.1. The third-order valence-electron chi connectivity index (χ3n) is 5.31. The lowest BCUT2D eigenvalue weighted by molar-refractivity contribution is -0.231. The van der Waals surface area contributed by atoms with E-state index in [1.807, 2.05) is 0 Å². The van der Waals surface area contributed by atoms with Crippen molar-refractivity contribution in [1.82, 2.24) is 0 Å². The number of hydrogen-bond acceptors (Lipinski definition) is 0. The molecule has 0 amide bonds. The van der Waals surface area contributed by atoms with E-state index in [1.54, 1.807) is 0 Å². The van der Waals surface area contributed by atoms with E-state index in [1.165, 1.54) is 20.8 Å². The van der Waals surface area contributed by atoms with Gasteiger partial charge in [-0.2, -0.15) is 26.3 Å². The molecule has 1 fully saturated rings. The summed E-state index contributed by atoms with van der Waals surface area (Å²) in [7, 11) is 0. The molecule has 0 aromatic carbocycles. The monoisotopic (exact) mass is 304 g/mol. The Kier molecular flexibility index (Phi) is 4.23. The van der Waals surface area contributed by atoms with E-state index in [-0.39, 0.29) is 12.8 Å². The van der Waals surface area contributed by atoms with E-state index >= 15 is 0 Å². The third kappa shape index (κ3) is 2.67. The Labute approximate surface area is 115 Å². The smallest absolute Gasteiger partial charge is 0.171 e. The van der Waals surface area contributed by atoms with Gasteiger partial charge in [0.2, 0.25) is 0 Å². The molecule has 0 aliphatic heterocycles. The number of alkyl halides is 6. The lowest BCUT2D eigenvalue weighted by atomic mass is 9.75. The second kappa shape index (κ2) is 4.80. The van der Waals surface area contributed by atoms with Crippen LogP contribution in [0.25, 0.3) is 0 Å². The molecule has 120 valence electrons.